The molecule has 2 N–H and O–H groups in total. The van der Waals surface area contributed by atoms with Crippen LogP contribution in [0.25, 0.3) is 10.9 Å². The highest BCUT2D eigenvalue weighted by molar-refractivity contribution is 6.30. The van der Waals surface area contributed by atoms with Crippen molar-refractivity contribution in [2.75, 3.05) is 20.3 Å². The van der Waals surface area contributed by atoms with E-state index >= 15 is 0 Å². The molecule has 1 aromatic heterocycles. The molecule has 3 aromatic rings. The summed E-state index contributed by atoms with van der Waals surface area (Å²) in [6.07, 6.45) is 3.19. The zero-order chi connectivity index (χ0) is 18.4. The highest BCUT2D eigenvalue weighted by atomic mass is 35.5. The van der Waals surface area contributed by atoms with E-state index in [0.717, 1.165) is 28.5 Å². The zero-order valence-corrected chi connectivity index (χ0v) is 15.6. The van der Waals surface area contributed by atoms with Crippen LogP contribution in [0.2, 0.25) is 5.02 Å². The summed E-state index contributed by atoms with van der Waals surface area (Å²) >= 11 is 6.04. The lowest BCUT2D eigenvalue weighted by Crippen LogP contribution is -2.27. The molecule has 0 fully saturated rings. The molecule has 0 spiro atoms. The van der Waals surface area contributed by atoms with Crippen molar-refractivity contribution in [1.82, 2.24) is 10.3 Å². The van der Waals surface area contributed by atoms with Crippen molar-refractivity contribution in [3.05, 3.63) is 70.9 Å². The lowest BCUT2D eigenvalue weighted by Gasteiger charge is -2.17. The van der Waals surface area contributed by atoms with E-state index in [1.165, 1.54) is 0 Å². The Kier molecular flexibility index (Phi) is 6.31. The third kappa shape index (κ3) is 4.45. The van der Waals surface area contributed by atoms with Gasteiger partial charge in [-0.15, -0.1) is 0 Å². The minimum Gasteiger partial charge on any atom is -0.385 e. The average molecular weight is 371 g/mol. The number of carbonyl (C=O) groups is 1. The monoisotopic (exact) mass is 370 g/mol. The number of amides is 1. The molecule has 26 heavy (non-hydrogen) atoms. The first-order valence-corrected chi connectivity index (χ1v) is 9.14. The Balaban J connectivity index is 1.85. The molecule has 4 nitrogen and oxygen atoms in total. The molecular formula is C21H23ClN2O2. The summed E-state index contributed by atoms with van der Waals surface area (Å²) in [5, 5.41) is 4.81. The van der Waals surface area contributed by atoms with Gasteiger partial charge in [0.15, 0.2) is 0 Å². The van der Waals surface area contributed by atoms with E-state index in [4.69, 9.17) is 16.3 Å². The van der Waals surface area contributed by atoms with Crippen LogP contribution < -0.4 is 5.32 Å². The van der Waals surface area contributed by atoms with Crippen molar-refractivity contribution < 1.29 is 9.53 Å². The van der Waals surface area contributed by atoms with E-state index < -0.39 is 0 Å². The van der Waals surface area contributed by atoms with Gasteiger partial charge in [0.1, 0.15) is 0 Å². The fourth-order valence-corrected chi connectivity index (χ4v) is 3.31. The zero-order valence-electron chi connectivity index (χ0n) is 14.8. The van der Waals surface area contributed by atoms with E-state index in [-0.39, 0.29) is 11.8 Å². The average Bonchev–Trinajstić information content (AvgIpc) is 3.08. The number of para-hydroxylation sites is 1. The van der Waals surface area contributed by atoms with Crippen LogP contribution >= 0.6 is 11.6 Å². The first-order valence-electron chi connectivity index (χ1n) is 8.76. The summed E-state index contributed by atoms with van der Waals surface area (Å²) < 4.78 is 5.02. The van der Waals surface area contributed by atoms with Gasteiger partial charge in [-0.25, -0.2) is 0 Å². The van der Waals surface area contributed by atoms with Gasteiger partial charge in [-0.05, 0) is 35.7 Å². The number of ether oxygens (including phenoxy) is 1. The van der Waals surface area contributed by atoms with Gasteiger partial charge < -0.3 is 15.0 Å². The van der Waals surface area contributed by atoms with Crippen LogP contribution in [-0.2, 0) is 9.53 Å². The van der Waals surface area contributed by atoms with Crippen molar-refractivity contribution in [3.8, 4) is 0 Å². The molecule has 1 amide bonds. The van der Waals surface area contributed by atoms with Crippen LogP contribution in [0, 0.1) is 0 Å². The molecule has 1 heterocycles. The summed E-state index contributed by atoms with van der Waals surface area (Å²) in [5.74, 6) is -0.00261. The molecule has 0 radical (unpaired) electrons. The Morgan fingerprint density at radius 3 is 2.73 bits per heavy atom. The number of hydrogen-bond acceptors (Lipinski definition) is 2. The summed E-state index contributed by atoms with van der Waals surface area (Å²) in [6, 6.07) is 15.9. The molecule has 0 saturated carbocycles. The molecule has 0 unspecified atom stereocenters. The summed E-state index contributed by atoms with van der Waals surface area (Å²) in [4.78, 5) is 15.8. The number of hydrogen-bond donors (Lipinski definition) is 2. The van der Waals surface area contributed by atoms with Crippen LogP contribution in [0.5, 0.6) is 0 Å². The molecule has 136 valence electrons. The second kappa shape index (κ2) is 8.88. The van der Waals surface area contributed by atoms with Crippen molar-refractivity contribution in [3.63, 3.8) is 0 Å². The molecule has 0 saturated heterocycles. The Hall–Kier alpha value is -2.30. The van der Waals surface area contributed by atoms with E-state index in [0.29, 0.717) is 24.6 Å². The highest BCUT2D eigenvalue weighted by Crippen LogP contribution is 2.33. The fraction of sp³-hybridized carbons (Fsp3) is 0.286. The maximum absolute atomic E-state index is 12.5. The molecule has 1 atom stereocenters. The normalized spacial score (nSPS) is 12.2. The van der Waals surface area contributed by atoms with Crippen LogP contribution in [0.3, 0.4) is 0 Å². The first kappa shape index (κ1) is 18.5. The number of H-pyrrole nitrogens is 1. The number of carbonyl (C=O) groups excluding carboxylic acids is 1. The lowest BCUT2D eigenvalue weighted by atomic mass is 9.88. The van der Waals surface area contributed by atoms with Crippen LogP contribution in [0.1, 0.15) is 29.9 Å². The third-order valence-corrected chi connectivity index (χ3v) is 4.76. The van der Waals surface area contributed by atoms with E-state index in [1.54, 1.807) is 7.11 Å². The molecular weight excluding hydrogens is 348 g/mol. The van der Waals surface area contributed by atoms with Gasteiger partial charge in [-0.1, -0.05) is 41.9 Å². The maximum atomic E-state index is 12.5. The maximum Gasteiger partial charge on any atom is 0.220 e. The number of aromatic nitrogens is 1. The second-order valence-corrected chi connectivity index (χ2v) is 6.73. The number of benzene rings is 2. The van der Waals surface area contributed by atoms with Gasteiger partial charge >= 0.3 is 0 Å². The van der Waals surface area contributed by atoms with Gasteiger partial charge in [0.2, 0.25) is 5.91 Å². The molecule has 0 bridgehead atoms. The van der Waals surface area contributed by atoms with Crippen LogP contribution in [-0.4, -0.2) is 31.2 Å². The van der Waals surface area contributed by atoms with Crippen molar-refractivity contribution in [2.45, 2.75) is 18.8 Å². The lowest BCUT2D eigenvalue weighted by molar-refractivity contribution is -0.121. The molecule has 2 aromatic carbocycles. The quantitative estimate of drug-likeness (QED) is 0.574. The van der Waals surface area contributed by atoms with E-state index in [1.807, 2.05) is 48.7 Å². The summed E-state index contributed by atoms with van der Waals surface area (Å²) in [6.45, 7) is 1.26. The molecule has 5 heteroatoms. The third-order valence-electron chi connectivity index (χ3n) is 4.51. The van der Waals surface area contributed by atoms with Crippen molar-refractivity contribution >= 4 is 28.4 Å². The molecule has 0 aliphatic heterocycles. The minimum atomic E-state index is -0.0363. The summed E-state index contributed by atoms with van der Waals surface area (Å²) in [5.41, 5.74) is 3.27. The molecule has 3 rings (SSSR count). The Morgan fingerprint density at radius 1 is 1.19 bits per heavy atom. The van der Waals surface area contributed by atoms with Gasteiger partial charge in [0.25, 0.3) is 0 Å². The number of halogens is 1. The Labute approximate surface area is 158 Å². The van der Waals surface area contributed by atoms with Gasteiger partial charge in [0.05, 0.1) is 0 Å². The highest BCUT2D eigenvalue weighted by Gasteiger charge is 2.21. The molecule has 0 aliphatic carbocycles. The Bertz CT molecular complexity index is 858. The fourth-order valence-electron chi connectivity index (χ4n) is 3.19. The van der Waals surface area contributed by atoms with Gasteiger partial charge in [-0.2, -0.15) is 0 Å². The van der Waals surface area contributed by atoms with Crippen LogP contribution in [0.15, 0.2) is 54.7 Å². The SMILES string of the molecule is COCCCNC(=O)C[C@@H](c1ccc(Cl)cc1)c1c[nH]c2ccccc12. The first-order chi connectivity index (χ1) is 12.7. The molecule has 0 aliphatic rings. The number of nitrogens with one attached hydrogen (secondary N) is 2. The summed E-state index contributed by atoms with van der Waals surface area (Å²) in [7, 11) is 1.66. The second-order valence-electron chi connectivity index (χ2n) is 6.29. The van der Waals surface area contributed by atoms with Crippen molar-refractivity contribution in [1.29, 1.82) is 0 Å². The number of fused-ring (bicyclic) bond motifs is 1. The van der Waals surface area contributed by atoms with Crippen LogP contribution in [0.4, 0.5) is 0 Å². The number of methoxy groups -OCH3 is 1. The largest absolute Gasteiger partial charge is 0.385 e. The minimum absolute atomic E-state index is 0.0336. The number of rotatable bonds is 8. The smallest absolute Gasteiger partial charge is 0.220 e. The predicted octanol–water partition coefficient (Wildman–Crippen LogP) is 4.50. The van der Waals surface area contributed by atoms with Gasteiger partial charge in [0, 0.05) is 54.7 Å². The van der Waals surface area contributed by atoms with E-state index in [2.05, 4.69) is 16.4 Å². The predicted molar refractivity (Wildman–Crippen MR) is 106 cm³/mol. The number of aromatic amines is 1. The van der Waals surface area contributed by atoms with E-state index in [9.17, 15) is 4.79 Å². The van der Waals surface area contributed by atoms with Crippen molar-refractivity contribution in [2.24, 2.45) is 0 Å². The Morgan fingerprint density at radius 2 is 1.96 bits per heavy atom. The standard InChI is InChI=1S/C21H23ClN2O2/c1-26-12-4-11-23-21(25)13-18(15-7-9-16(22)10-8-15)19-14-24-20-6-3-2-5-17(19)20/h2-3,5-10,14,18,24H,4,11-13H2,1H3,(H,23,25)/t18-/m0/s1. The van der Waals surface area contributed by atoms with Gasteiger partial charge in [-0.3, -0.25) is 4.79 Å². The topological polar surface area (TPSA) is 54.1 Å².